The Morgan fingerprint density at radius 2 is 1.70 bits per heavy atom. The third-order valence-electron chi connectivity index (χ3n) is 4.24. The first-order valence-electron chi connectivity index (χ1n) is 9.21. The fraction of sp³-hybridized carbons (Fsp3) is 0.238. The molecule has 0 saturated heterocycles. The van der Waals surface area contributed by atoms with Crippen LogP contribution in [-0.2, 0) is 0 Å². The highest BCUT2D eigenvalue weighted by Gasteiger charge is 2.17. The van der Waals surface area contributed by atoms with Gasteiger partial charge in [0, 0.05) is 24.2 Å². The molecule has 0 aliphatic heterocycles. The van der Waals surface area contributed by atoms with E-state index in [2.05, 4.69) is 20.8 Å². The van der Waals surface area contributed by atoms with Gasteiger partial charge >= 0.3 is 11.8 Å². The van der Waals surface area contributed by atoms with Crippen LogP contribution in [0.5, 0.6) is 11.5 Å². The minimum absolute atomic E-state index is 0.176. The van der Waals surface area contributed by atoms with Crippen LogP contribution in [0, 0.1) is 6.92 Å². The second-order valence-corrected chi connectivity index (χ2v) is 6.37. The number of methoxy groups -OCH3 is 2. The van der Waals surface area contributed by atoms with Gasteiger partial charge < -0.3 is 24.6 Å². The smallest absolute Gasteiger partial charge is 0.316 e. The maximum atomic E-state index is 12.2. The third kappa shape index (κ3) is 4.93. The van der Waals surface area contributed by atoms with Crippen molar-refractivity contribution in [1.29, 1.82) is 0 Å². The quantitative estimate of drug-likeness (QED) is 0.547. The van der Waals surface area contributed by atoms with Gasteiger partial charge in [0.05, 0.1) is 14.2 Å². The number of rotatable bonds is 8. The number of benzene rings is 2. The summed E-state index contributed by atoms with van der Waals surface area (Å²) in [5, 5.41) is 9.20. The molecule has 3 aromatic rings. The molecule has 3 rings (SSSR count). The molecule has 0 unspecified atom stereocenters. The zero-order valence-electron chi connectivity index (χ0n) is 16.9. The lowest BCUT2D eigenvalue weighted by Crippen LogP contribution is -2.34. The first-order valence-corrected chi connectivity index (χ1v) is 9.21. The van der Waals surface area contributed by atoms with E-state index in [9.17, 15) is 9.59 Å². The van der Waals surface area contributed by atoms with Crippen molar-refractivity contribution in [2.45, 2.75) is 6.92 Å². The second kappa shape index (κ2) is 9.55. The maximum absolute atomic E-state index is 12.2. The fourth-order valence-electron chi connectivity index (χ4n) is 2.72. The normalized spacial score (nSPS) is 10.4. The fourth-order valence-corrected chi connectivity index (χ4v) is 2.72. The molecule has 2 aromatic carbocycles. The summed E-state index contributed by atoms with van der Waals surface area (Å²) in [6, 6.07) is 12.4. The van der Waals surface area contributed by atoms with Crippen molar-refractivity contribution in [3.63, 3.8) is 0 Å². The van der Waals surface area contributed by atoms with Gasteiger partial charge in [-0.15, -0.1) is 0 Å². The van der Waals surface area contributed by atoms with Gasteiger partial charge in [0.15, 0.2) is 11.5 Å². The van der Waals surface area contributed by atoms with E-state index in [1.165, 1.54) is 14.2 Å². The average Bonchev–Trinajstić information content (AvgIpc) is 3.26. The topological polar surface area (TPSA) is 116 Å². The third-order valence-corrected chi connectivity index (χ3v) is 4.24. The largest absolute Gasteiger partial charge is 0.493 e. The minimum Gasteiger partial charge on any atom is -0.493 e. The number of carbonyl (C=O) groups excluding carboxylic acids is 2. The van der Waals surface area contributed by atoms with E-state index in [0.717, 1.165) is 5.56 Å². The molecule has 2 amide bonds. The Morgan fingerprint density at radius 1 is 0.967 bits per heavy atom. The highest BCUT2D eigenvalue weighted by Crippen LogP contribution is 2.31. The van der Waals surface area contributed by atoms with Crippen molar-refractivity contribution in [2.75, 3.05) is 27.3 Å². The summed E-state index contributed by atoms with van der Waals surface area (Å²) in [6.07, 6.45) is 0. The number of carbonyl (C=O) groups is 2. The van der Waals surface area contributed by atoms with Gasteiger partial charge in [-0.25, -0.2) is 0 Å². The van der Waals surface area contributed by atoms with Gasteiger partial charge in [0.1, 0.15) is 0 Å². The van der Waals surface area contributed by atoms with Crippen molar-refractivity contribution in [3.05, 3.63) is 59.5 Å². The number of nitrogens with one attached hydrogen (secondary N) is 2. The first kappa shape index (κ1) is 20.8. The number of aromatic nitrogens is 2. The lowest BCUT2D eigenvalue weighted by molar-refractivity contribution is 0.0898. The predicted octanol–water partition coefficient (Wildman–Crippen LogP) is 2.22. The molecule has 0 bridgehead atoms. The monoisotopic (exact) mass is 410 g/mol. The number of ether oxygens (including phenoxy) is 2. The molecule has 0 aliphatic rings. The van der Waals surface area contributed by atoms with Crippen LogP contribution >= 0.6 is 0 Å². The molecular formula is C21H22N4O5. The average molecular weight is 410 g/mol. The molecule has 30 heavy (non-hydrogen) atoms. The van der Waals surface area contributed by atoms with Crippen LogP contribution in [0.15, 0.2) is 47.0 Å². The number of amides is 2. The van der Waals surface area contributed by atoms with Gasteiger partial charge in [-0.2, -0.15) is 4.98 Å². The van der Waals surface area contributed by atoms with Crippen LogP contribution in [-0.4, -0.2) is 49.3 Å². The van der Waals surface area contributed by atoms with E-state index in [0.29, 0.717) is 22.6 Å². The molecule has 0 radical (unpaired) electrons. The van der Waals surface area contributed by atoms with E-state index in [1.54, 1.807) is 30.3 Å². The van der Waals surface area contributed by atoms with E-state index in [-0.39, 0.29) is 30.7 Å². The van der Waals surface area contributed by atoms with Crippen molar-refractivity contribution in [2.24, 2.45) is 0 Å². The van der Waals surface area contributed by atoms with Crippen molar-refractivity contribution in [3.8, 4) is 22.9 Å². The van der Waals surface area contributed by atoms with Crippen LogP contribution in [0.25, 0.3) is 11.4 Å². The Kier molecular flexibility index (Phi) is 6.63. The van der Waals surface area contributed by atoms with Crippen molar-refractivity contribution in [1.82, 2.24) is 20.8 Å². The van der Waals surface area contributed by atoms with Crippen molar-refractivity contribution >= 4 is 11.8 Å². The zero-order chi connectivity index (χ0) is 21.5. The summed E-state index contributed by atoms with van der Waals surface area (Å²) in [5.74, 6) is 0.407. The zero-order valence-corrected chi connectivity index (χ0v) is 16.9. The van der Waals surface area contributed by atoms with Gasteiger partial charge in [-0.05, 0) is 37.3 Å². The predicted molar refractivity (Wildman–Crippen MR) is 109 cm³/mol. The van der Waals surface area contributed by atoms with Crippen LogP contribution in [0.1, 0.15) is 26.6 Å². The highest BCUT2D eigenvalue weighted by molar-refractivity contribution is 5.94. The molecule has 1 aromatic heterocycles. The summed E-state index contributed by atoms with van der Waals surface area (Å²) in [7, 11) is 3.06. The second-order valence-electron chi connectivity index (χ2n) is 6.37. The molecule has 156 valence electrons. The SMILES string of the molecule is COc1ccc(-c2noc(C(=O)NCCNC(=O)c3cccc(C)c3)n2)cc1OC. The first-order chi connectivity index (χ1) is 14.5. The van der Waals surface area contributed by atoms with Gasteiger partial charge in [-0.1, -0.05) is 22.9 Å². The molecule has 0 aliphatic carbocycles. The Hall–Kier alpha value is -3.88. The summed E-state index contributed by atoms with van der Waals surface area (Å²) < 4.78 is 15.5. The summed E-state index contributed by atoms with van der Waals surface area (Å²) in [6.45, 7) is 2.39. The van der Waals surface area contributed by atoms with Gasteiger partial charge in [0.25, 0.3) is 5.91 Å². The van der Waals surface area contributed by atoms with Crippen LogP contribution in [0.3, 0.4) is 0 Å². The standard InChI is InChI=1S/C21H22N4O5/c1-13-5-4-6-15(11-13)19(26)22-9-10-23-20(27)21-24-18(25-30-21)14-7-8-16(28-2)17(12-14)29-3/h4-8,11-12H,9-10H2,1-3H3,(H,22,26)(H,23,27). The minimum atomic E-state index is -0.529. The lowest BCUT2D eigenvalue weighted by atomic mass is 10.1. The van der Waals surface area contributed by atoms with E-state index < -0.39 is 5.91 Å². The van der Waals surface area contributed by atoms with Crippen LogP contribution in [0.4, 0.5) is 0 Å². The molecular weight excluding hydrogens is 388 g/mol. The Morgan fingerprint density at radius 3 is 2.40 bits per heavy atom. The Labute approximate surface area is 173 Å². The van der Waals surface area contributed by atoms with E-state index in [4.69, 9.17) is 14.0 Å². The van der Waals surface area contributed by atoms with Gasteiger partial charge in [-0.3, -0.25) is 9.59 Å². The summed E-state index contributed by atoms with van der Waals surface area (Å²) in [5.41, 5.74) is 2.18. The molecule has 2 N–H and O–H groups in total. The Balaban J connectivity index is 1.53. The maximum Gasteiger partial charge on any atom is 0.316 e. The molecule has 0 saturated carbocycles. The summed E-state index contributed by atoms with van der Waals surface area (Å²) in [4.78, 5) is 28.4. The van der Waals surface area contributed by atoms with Gasteiger partial charge in [0.2, 0.25) is 5.82 Å². The molecule has 0 fully saturated rings. The Bertz CT molecular complexity index is 1050. The van der Waals surface area contributed by atoms with E-state index in [1.807, 2.05) is 19.1 Å². The number of hydrogen-bond acceptors (Lipinski definition) is 7. The van der Waals surface area contributed by atoms with E-state index >= 15 is 0 Å². The highest BCUT2D eigenvalue weighted by atomic mass is 16.5. The van der Waals surface area contributed by atoms with Crippen molar-refractivity contribution < 1.29 is 23.6 Å². The molecule has 1 heterocycles. The molecule has 9 nitrogen and oxygen atoms in total. The van der Waals surface area contributed by atoms with Crippen LogP contribution < -0.4 is 20.1 Å². The molecule has 0 spiro atoms. The number of nitrogens with zero attached hydrogens (tertiary/aromatic N) is 2. The number of hydrogen-bond donors (Lipinski definition) is 2. The molecule has 9 heteroatoms. The lowest BCUT2D eigenvalue weighted by Gasteiger charge is -2.07. The summed E-state index contributed by atoms with van der Waals surface area (Å²) >= 11 is 0. The van der Waals surface area contributed by atoms with Crippen LogP contribution in [0.2, 0.25) is 0 Å². The number of aryl methyl sites for hydroxylation is 1. The molecule has 0 atom stereocenters.